The lowest BCUT2D eigenvalue weighted by Gasteiger charge is -2.23. The van der Waals surface area contributed by atoms with Gasteiger partial charge in [0.25, 0.3) is 0 Å². The molecule has 1 aliphatic carbocycles. The first-order valence-corrected chi connectivity index (χ1v) is 10.6. The van der Waals surface area contributed by atoms with Gasteiger partial charge in [-0.1, -0.05) is 0 Å². The van der Waals surface area contributed by atoms with Gasteiger partial charge in [-0.25, -0.2) is 8.42 Å². The Morgan fingerprint density at radius 1 is 1.04 bits per heavy atom. The van der Waals surface area contributed by atoms with Crippen molar-refractivity contribution < 1.29 is 22.8 Å². The molecule has 2 N–H and O–H groups in total. The Balaban J connectivity index is 1.52. The van der Waals surface area contributed by atoms with Crippen molar-refractivity contribution >= 4 is 38.9 Å². The molecule has 8 nitrogen and oxygen atoms in total. The Morgan fingerprint density at radius 2 is 1.63 bits per heavy atom. The van der Waals surface area contributed by atoms with Gasteiger partial charge in [0.05, 0.1) is 23.3 Å². The fourth-order valence-electron chi connectivity index (χ4n) is 3.36. The van der Waals surface area contributed by atoms with Crippen LogP contribution in [-0.2, 0) is 24.2 Å². The molecule has 3 unspecified atom stereocenters. The molecule has 1 aliphatic heterocycles. The van der Waals surface area contributed by atoms with E-state index < -0.39 is 21.7 Å². The largest absolute Gasteiger partial charge is 0.341 e. The molecule has 2 aliphatic rings. The molecular weight excluding hydrogens is 370 g/mol. The summed E-state index contributed by atoms with van der Waals surface area (Å²) in [5, 5.41) is 5.42. The maximum absolute atomic E-state index is 12.5. The number of benzene rings is 1. The predicted octanol–water partition coefficient (Wildman–Crippen LogP) is 0.865. The van der Waals surface area contributed by atoms with Gasteiger partial charge < -0.3 is 15.5 Å². The van der Waals surface area contributed by atoms with E-state index in [9.17, 15) is 22.8 Å². The smallest absolute Gasteiger partial charge is 0.228 e. The predicted molar refractivity (Wildman–Crippen MR) is 101 cm³/mol. The second-order valence-corrected chi connectivity index (χ2v) is 9.43. The van der Waals surface area contributed by atoms with Gasteiger partial charge in [-0.15, -0.1) is 0 Å². The van der Waals surface area contributed by atoms with Gasteiger partial charge >= 0.3 is 0 Å². The quantitative estimate of drug-likeness (QED) is 0.771. The maximum atomic E-state index is 12.5. The fourth-order valence-corrected chi connectivity index (χ4v) is 5.13. The zero-order valence-corrected chi connectivity index (χ0v) is 16.1. The fraction of sp³-hybridized carbons (Fsp3) is 0.500. The van der Waals surface area contributed by atoms with Gasteiger partial charge in [-0.3, -0.25) is 14.4 Å². The van der Waals surface area contributed by atoms with Crippen molar-refractivity contribution in [3.63, 3.8) is 0 Å². The van der Waals surface area contributed by atoms with Crippen LogP contribution < -0.4 is 10.6 Å². The molecule has 0 aromatic heterocycles. The Labute approximate surface area is 158 Å². The van der Waals surface area contributed by atoms with E-state index in [-0.39, 0.29) is 35.3 Å². The Bertz CT molecular complexity index is 865. The number of hydrogen-bond acceptors (Lipinski definition) is 5. The molecule has 1 saturated heterocycles. The minimum Gasteiger partial charge on any atom is -0.341 e. The highest BCUT2D eigenvalue weighted by Crippen LogP contribution is 2.41. The summed E-state index contributed by atoms with van der Waals surface area (Å²) in [5.41, 5.74) is 1.22. The molecule has 1 saturated carbocycles. The summed E-state index contributed by atoms with van der Waals surface area (Å²) >= 11 is 0. The molecule has 3 rings (SSSR count). The Morgan fingerprint density at radius 3 is 2.15 bits per heavy atom. The second kappa shape index (κ2) is 7.30. The number of carbonyl (C=O) groups is 3. The van der Waals surface area contributed by atoms with E-state index in [4.69, 9.17) is 0 Å². The van der Waals surface area contributed by atoms with Crippen molar-refractivity contribution in [3.8, 4) is 0 Å². The molecule has 3 atom stereocenters. The number of sulfone groups is 1. The first kappa shape index (κ1) is 19.3. The van der Waals surface area contributed by atoms with E-state index in [0.717, 1.165) is 0 Å². The highest BCUT2D eigenvalue weighted by Gasteiger charge is 2.50. The average Bonchev–Trinajstić information content (AvgIpc) is 3.32. The molecule has 3 amide bonds. The van der Waals surface area contributed by atoms with Crippen LogP contribution in [-0.4, -0.2) is 55.6 Å². The lowest BCUT2D eigenvalue weighted by molar-refractivity contribution is -0.134. The summed E-state index contributed by atoms with van der Waals surface area (Å²) < 4.78 is 23.2. The third-order valence-electron chi connectivity index (χ3n) is 5.02. The highest BCUT2D eigenvalue weighted by molar-refractivity contribution is 7.91. The zero-order valence-electron chi connectivity index (χ0n) is 15.3. The molecule has 2 fully saturated rings. The van der Waals surface area contributed by atoms with Crippen molar-refractivity contribution in [1.29, 1.82) is 0 Å². The van der Waals surface area contributed by atoms with Crippen LogP contribution >= 0.6 is 0 Å². The molecule has 0 spiro atoms. The summed E-state index contributed by atoms with van der Waals surface area (Å²) in [6.45, 7) is 1.41. The minimum atomic E-state index is -3.06. The van der Waals surface area contributed by atoms with Crippen molar-refractivity contribution in [2.24, 2.45) is 11.8 Å². The van der Waals surface area contributed by atoms with Gasteiger partial charge in [0, 0.05) is 31.4 Å². The maximum Gasteiger partial charge on any atom is 0.228 e. The van der Waals surface area contributed by atoms with Crippen molar-refractivity contribution in [2.45, 2.75) is 25.8 Å². The summed E-state index contributed by atoms with van der Waals surface area (Å²) in [6.07, 6.45) is 0.924. The number of nitrogens with zero attached hydrogens (tertiary/aromatic N) is 1. The van der Waals surface area contributed by atoms with Crippen LogP contribution in [0, 0.1) is 11.8 Å². The van der Waals surface area contributed by atoms with E-state index in [1.54, 1.807) is 31.3 Å². The van der Waals surface area contributed by atoms with Gasteiger partial charge in [0.2, 0.25) is 17.7 Å². The molecule has 1 heterocycles. The SMILES string of the molecule is CC(=O)Nc1ccc(NC(=O)C2CC2C(=O)N(C)C2CCS(=O)(=O)C2)cc1. The molecule has 27 heavy (non-hydrogen) atoms. The normalized spacial score (nSPS) is 25.5. The Kier molecular flexibility index (Phi) is 5.23. The van der Waals surface area contributed by atoms with Crippen LogP contribution in [0.5, 0.6) is 0 Å². The van der Waals surface area contributed by atoms with Crippen molar-refractivity contribution in [3.05, 3.63) is 24.3 Å². The molecule has 1 aromatic rings. The van der Waals surface area contributed by atoms with E-state index in [1.807, 2.05) is 0 Å². The second-order valence-electron chi connectivity index (χ2n) is 7.20. The highest BCUT2D eigenvalue weighted by atomic mass is 32.2. The van der Waals surface area contributed by atoms with E-state index in [0.29, 0.717) is 24.2 Å². The monoisotopic (exact) mass is 393 g/mol. The summed E-state index contributed by atoms with van der Waals surface area (Å²) in [6, 6.07) is 6.42. The van der Waals surface area contributed by atoms with Crippen LogP contribution in [0.25, 0.3) is 0 Å². The van der Waals surface area contributed by atoms with E-state index in [2.05, 4.69) is 10.6 Å². The summed E-state index contributed by atoms with van der Waals surface area (Å²) in [4.78, 5) is 37.4. The first-order valence-electron chi connectivity index (χ1n) is 8.82. The lowest BCUT2D eigenvalue weighted by Crippen LogP contribution is -2.39. The number of anilines is 2. The minimum absolute atomic E-state index is 0.000526. The number of amides is 3. The van der Waals surface area contributed by atoms with Gasteiger partial charge in [-0.05, 0) is 37.1 Å². The van der Waals surface area contributed by atoms with Crippen LogP contribution in [0.3, 0.4) is 0 Å². The third-order valence-corrected chi connectivity index (χ3v) is 6.77. The average molecular weight is 393 g/mol. The molecular formula is C18H23N3O5S. The van der Waals surface area contributed by atoms with E-state index in [1.165, 1.54) is 11.8 Å². The van der Waals surface area contributed by atoms with Crippen LogP contribution in [0.1, 0.15) is 19.8 Å². The van der Waals surface area contributed by atoms with Crippen molar-refractivity contribution in [1.82, 2.24) is 4.90 Å². The molecule has 0 bridgehead atoms. The standard InChI is InChI=1S/C18H23N3O5S/c1-11(22)19-12-3-5-13(6-4-12)20-17(23)15-9-16(15)18(24)21(2)14-7-8-27(25,26)10-14/h3-6,14-16H,7-10H2,1-2H3,(H,19,22)(H,20,23). The number of nitrogens with one attached hydrogen (secondary N) is 2. The van der Waals surface area contributed by atoms with Gasteiger partial charge in [0.15, 0.2) is 9.84 Å². The number of carbonyl (C=O) groups excluding carboxylic acids is 3. The van der Waals surface area contributed by atoms with E-state index >= 15 is 0 Å². The van der Waals surface area contributed by atoms with Gasteiger partial charge in [0.1, 0.15) is 0 Å². The Hall–Kier alpha value is -2.42. The number of hydrogen-bond donors (Lipinski definition) is 2. The molecule has 9 heteroatoms. The van der Waals surface area contributed by atoms with Crippen LogP contribution in [0.15, 0.2) is 24.3 Å². The summed E-state index contributed by atoms with van der Waals surface area (Å²) in [7, 11) is -1.45. The molecule has 146 valence electrons. The number of rotatable bonds is 5. The molecule has 1 aromatic carbocycles. The zero-order chi connectivity index (χ0) is 19.8. The van der Waals surface area contributed by atoms with Crippen LogP contribution in [0.2, 0.25) is 0 Å². The van der Waals surface area contributed by atoms with Crippen molar-refractivity contribution in [2.75, 3.05) is 29.2 Å². The van der Waals surface area contributed by atoms with Gasteiger partial charge in [-0.2, -0.15) is 0 Å². The summed E-state index contributed by atoms with van der Waals surface area (Å²) in [5.74, 6) is -1.25. The topological polar surface area (TPSA) is 113 Å². The lowest BCUT2D eigenvalue weighted by atomic mass is 10.2. The first-order chi connectivity index (χ1) is 12.7. The third kappa shape index (κ3) is 4.65. The molecule has 0 radical (unpaired) electrons. The van der Waals surface area contributed by atoms with Crippen LogP contribution in [0.4, 0.5) is 11.4 Å².